The number of anilines is 1. The standard InChI is InChI=1S/C31H32ClN5O3S/c1-31(2,3)29-27-28(20-8-7-9-21(32)16-20)41-19-26(39)36(18-25(38)34-17-22-10-5-6-15-33-22)30(27)37(35-29)23-11-13-24(40-4)14-12-23/h5-16,28H,17-19H2,1-4H3,(H,34,38)/t28-/m1/s1. The summed E-state index contributed by atoms with van der Waals surface area (Å²) in [6.07, 6.45) is 1.68. The van der Waals surface area contributed by atoms with Gasteiger partial charge in [-0.1, -0.05) is 50.6 Å². The highest BCUT2D eigenvalue weighted by atomic mass is 35.5. The van der Waals surface area contributed by atoms with Gasteiger partial charge in [-0.05, 0) is 54.1 Å². The van der Waals surface area contributed by atoms with Gasteiger partial charge in [0.05, 0.1) is 41.7 Å². The van der Waals surface area contributed by atoms with Crippen LogP contribution >= 0.6 is 23.4 Å². The maximum Gasteiger partial charge on any atom is 0.240 e. The molecule has 0 radical (unpaired) electrons. The van der Waals surface area contributed by atoms with Gasteiger partial charge < -0.3 is 10.1 Å². The lowest BCUT2D eigenvalue weighted by Gasteiger charge is -2.24. The number of halogens is 1. The van der Waals surface area contributed by atoms with E-state index in [2.05, 4.69) is 31.1 Å². The van der Waals surface area contributed by atoms with Gasteiger partial charge in [0.15, 0.2) is 0 Å². The lowest BCUT2D eigenvalue weighted by Crippen LogP contribution is -2.42. The second-order valence-electron chi connectivity index (χ2n) is 10.8. The molecule has 0 fully saturated rings. The summed E-state index contributed by atoms with van der Waals surface area (Å²) in [7, 11) is 1.61. The number of methoxy groups -OCH3 is 1. The van der Waals surface area contributed by atoms with Crippen LogP contribution in [0.5, 0.6) is 5.75 Å². The van der Waals surface area contributed by atoms with Crippen LogP contribution in [0, 0.1) is 0 Å². The zero-order chi connectivity index (χ0) is 29.1. The molecule has 0 aliphatic carbocycles. The van der Waals surface area contributed by atoms with E-state index in [-0.39, 0.29) is 41.3 Å². The number of ether oxygens (including phenoxy) is 1. The van der Waals surface area contributed by atoms with Crippen molar-refractivity contribution in [3.63, 3.8) is 0 Å². The normalized spacial score (nSPS) is 15.3. The zero-order valence-electron chi connectivity index (χ0n) is 23.4. The van der Waals surface area contributed by atoms with Gasteiger partial charge in [-0.2, -0.15) is 5.10 Å². The quantitative estimate of drug-likeness (QED) is 0.297. The van der Waals surface area contributed by atoms with Gasteiger partial charge in [-0.3, -0.25) is 19.5 Å². The molecule has 4 aromatic rings. The number of aromatic nitrogens is 3. The molecule has 1 atom stereocenters. The second kappa shape index (κ2) is 12.0. The Balaban J connectivity index is 1.65. The van der Waals surface area contributed by atoms with E-state index in [0.717, 1.165) is 28.2 Å². The fourth-order valence-corrected chi connectivity index (χ4v) is 6.19. The van der Waals surface area contributed by atoms with Gasteiger partial charge in [-0.15, -0.1) is 11.8 Å². The summed E-state index contributed by atoms with van der Waals surface area (Å²) in [5, 5.41) is 8.41. The van der Waals surface area contributed by atoms with E-state index >= 15 is 0 Å². The van der Waals surface area contributed by atoms with E-state index in [1.165, 1.54) is 11.8 Å². The van der Waals surface area contributed by atoms with Crippen LogP contribution in [0.1, 0.15) is 48.5 Å². The number of hydrogen-bond donors (Lipinski definition) is 1. The molecule has 212 valence electrons. The monoisotopic (exact) mass is 589 g/mol. The van der Waals surface area contributed by atoms with Gasteiger partial charge in [0.2, 0.25) is 11.8 Å². The predicted octanol–water partition coefficient (Wildman–Crippen LogP) is 5.71. The number of pyridine rings is 1. The van der Waals surface area contributed by atoms with Crippen LogP contribution in [-0.2, 0) is 21.5 Å². The van der Waals surface area contributed by atoms with Crippen molar-refractivity contribution in [1.29, 1.82) is 0 Å². The molecule has 2 amide bonds. The Hall–Kier alpha value is -3.82. The zero-order valence-corrected chi connectivity index (χ0v) is 25.0. The summed E-state index contributed by atoms with van der Waals surface area (Å²) in [6.45, 7) is 6.41. The first-order valence-corrected chi connectivity index (χ1v) is 14.7. The SMILES string of the molecule is COc1ccc(-n2nc(C(C)(C)C)c3c2N(CC(=O)NCc2ccccn2)C(=O)CS[C@@H]3c2cccc(Cl)c2)cc1. The lowest BCUT2D eigenvalue weighted by atomic mass is 9.87. The Morgan fingerprint density at radius 2 is 1.90 bits per heavy atom. The number of carbonyl (C=O) groups excluding carboxylic acids is 2. The van der Waals surface area contributed by atoms with Crippen LogP contribution in [-0.4, -0.2) is 46.0 Å². The Labute approximate surface area is 249 Å². The molecular weight excluding hydrogens is 558 g/mol. The first-order chi connectivity index (χ1) is 19.7. The van der Waals surface area contributed by atoms with Crippen LogP contribution < -0.4 is 15.0 Å². The second-order valence-corrected chi connectivity index (χ2v) is 12.3. The predicted molar refractivity (Wildman–Crippen MR) is 163 cm³/mol. The van der Waals surface area contributed by atoms with Crippen molar-refractivity contribution in [1.82, 2.24) is 20.1 Å². The first kappa shape index (κ1) is 28.7. The van der Waals surface area contributed by atoms with Gasteiger partial charge in [0.25, 0.3) is 0 Å². The van der Waals surface area contributed by atoms with Crippen molar-refractivity contribution < 1.29 is 14.3 Å². The minimum absolute atomic E-state index is 0.160. The lowest BCUT2D eigenvalue weighted by molar-refractivity contribution is -0.123. The van der Waals surface area contributed by atoms with Crippen LogP contribution in [0.4, 0.5) is 5.82 Å². The van der Waals surface area contributed by atoms with Crippen molar-refractivity contribution in [2.75, 3.05) is 24.3 Å². The molecule has 1 aliphatic rings. The number of carbonyl (C=O) groups is 2. The Kier molecular flexibility index (Phi) is 8.37. The number of nitrogens with zero attached hydrogens (tertiary/aromatic N) is 4. The average molecular weight is 590 g/mol. The fraction of sp³-hybridized carbons (Fsp3) is 0.290. The van der Waals surface area contributed by atoms with Crippen molar-refractivity contribution >= 4 is 41.0 Å². The van der Waals surface area contributed by atoms with Crippen LogP contribution in [0.15, 0.2) is 72.9 Å². The molecule has 1 N–H and O–H groups in total. The van der Waals surface area contributed by atoms with Crippen molar-refractivity contribution in [3.8, 4) is 11.4 Å². The summed E-state index contributed by atoms with van der Waals surface area (Å²) < 4.78 is 7.15. The van der Waals surface area contributed by atoms with Crippen LogP contribution in [0.3, 0.4) is 0 Å². The number of rotatable bonds is 7. The fourth-order valence-electron chi connectivity index (χ4n) is 4.80. The molecule has 2 aromatic heterocycles. The van der Waals surface area contributed by atoms with Crippen LogP contribution in [0.25, 0.3) is 5.69 Å². The van der Waals surface area contributed by atoms with E-state index < -0.39 is 0 Å². The summed E-state index contributed by atoms with van der Waals surface area (Å²) >= 11 is 7.94. The van der Waals surface area contributed by atoms with E-state index in [1.807, 2.05) is 66.7 Å². The summed E-state index contributed by atoms with van der Waals surface area (Å²) in [5.74, 6) is 1.00. The van der Waals surface area contributed by atoms with E-state index in [1.54, 1.807) is 22.9 Å². The highest BCUT2D eigenvalue weighted by Gasteiger charge is 2.40. The van der Waals surface area contributed by atoms with Crippen molar-refractivity contribution in [2.45, 2.75) is 38.0 Å². The molecule has 0 saturated carbocycles. The van der Waals surface area contributed by atoms with E-state index in [4.69, 9.17) is 21.4 Å². The van der Waals surface area contributed by atoms with Gasteiger partial charge >= 0.3 is 0 Å². The van der Waals surface area contributed by atoms with Crippen molar-refractivity contribution in [3.05, 3.63) is 100 Å². The molecule has 3 heterocycles. The summed E-state index contributed by atoms with van der Waals surface area (Å²) in [6, 6.07) is 20.7. The molecule has 1 aliphatic heterocycles. The molecule has 10 heteroatoms. The van der Waals surface area contributed by atoms with Gasteiger partial charge in [0, 0.05) is 22.2 Å². The molecule has 8 nitrogen and oxygen atoms in total. The van der Waals surface area contributed by atoms with Crippen LogP contribution in [0.2, 0.25) is 5.02 Å². The number of benzene rings is 2. The number of hydrogen-bond acceptors (Lipinski definition) is 6. The van der Waals surface area contributed by atoms with E-state index in [0.29, 0.717) is 16.6 Å². The third kappa shape index (κ3) is 6.26. The van der Waals surface area contributed by atoms with Crippen molar-refractivity contribution in [2.24, 2.45) is 0 Å². The van der Waals surface area contributed by atoms with E-state index in [9.17, 15) is 9.59 Å². The molecule has 0 saturated heterocycles. The van der Waals surface area contributed by atoms with Gasteiger partial charge in [0.1, 0.15) is 18.1 Å². The third-order valence-electron chi connectivity index (χ3n) is 6.76. The third-order valence-corrected chi connectivity index (χ3v) is 8.25. The molecule has 0 bridgehead atoms. The van der Waals surface area contributed by atoms with Gasteiger partial charge in [-0.25, -0.2) is 4.68 Å². The smallest absolute Gasteiger partial charge is 0.240 e. The molecule has 41 heavy (non-hydrogen) atoms. The number of nitrogens with one attached hydrogen (secondary N) is 1. The Bertz CT molecular complexity index is 1550. The maximum atomic E-state index is 13.8. The highest BCUT2D eigenvalue weighted by molar-refractivity contribution is 8.00. The minimum atomic E-state index is -0.362. The Morgan fingerprint density at radius 1 is 1.12 bits per heavy atom. The Morgan fingerprint density at radius 3 is 2.56 bits per heavy atom. The summed E-state index contributed by atoms with van der Waals surface area (Å²) in [4.78, 5) is 32.9. The molecule has 0 spiro atoms. The molecule has 5 rings (SSSR count). The number of amides is 2. The average Bonchev–Trinajstić information content (AvgIpc) is 3.30. The number of fused-ring (bicyclic) bond motifs is 1. The first-order valence-electron chi connectivity index (χ1n) is 13.3. The summed E-state index contributed by atoms with van der Waals surface area (Å²) in [5.41, 5.74) is 3.83. The molecule has 0 unspecified atom stereocenters. The number of thioether (sulfide) groups is 1. The topological polar surface area (TPSA) is 89.3 Å². The largest absolute Gasteiger partial charge is 0.497 e. The maximum absolute atomic E-state index is 13.8. The molecular formula is C31H32ClN5O3S. The highest BCUT2D eigenvalue weighted by Crippen LogP contribution is 2.48. The molecule has 2 aromatic carbocycles. The minimum Gasteiger partial charge on any atom is -0.497 e.